The molecule has 5 rings (SSSR count). The molecule has 0 saturated carbocycles. The molecular weight excluding hydrogens is 554 g/mol. The molecule has 1 unspecified atom stereocenters. The highest BCUT2D eigenvalue weighted by Gasteiger charge is 2.56. The van der Waals surface area contributed by atoms with Gasteiger partial charge in [0.05, 0.1) is 22.4 Å². The van der Waals surface area contributed by atoms with Crippen molar-refractivity contribution < 1.29 is 45.0 Å². The summed E-state index contributed by atoms with van der Waals surface area (Å²) in [6.45, 7) is 1.58. The molecule has 3 aliphatic rings. The fourth-order valence-electron chi connectivity index (χ4n) is 5.00. The minimum absolute atomic E-state index is 0.0341. The van der Waals surface area contributed by atoms with Gasteiger partial charge in [-0.3, -0.25) is 13.9 Å². The first-order chi connectivity index (χ1) is 18.1. The van der Waals surface area contributed by atoms with Gasteiger partial charge in [-0.2, -0.15) is 16.8 Å². The van der Waals surface area contributed by atoms with Gasteiger partial charge in [-0.1, -0.05) is 18.2 Å². The zero-order valence-corrected chi connectivity index (χ0v) is 21.9. The third kappa shape index (κ3) is 3.65. The van der Waals surface area contributed by atoms with E-state index >= 15 is 0 Å². The topological polar surface area (TPSA) is 225 Å². The quantitative estimate of drug-likeness (QED) is 0.199. The van der Waals surface area contributed by atoms with Crippen LogP contribution in [0.3, 0.4) is 0 Å². The average Bonchev–Trinajstić information content (AvgIpc) is 2.96. The van der Waals surface area contributed by atoms with Crippen molar-refractivity contribution in [1.82, 2.24) is 5.32 Å². The van der Waals surface area contributed by atoms with Crippen LogP contribution in [0.15, 0.2) is 69.5 Å². The van der Waals surface area contributed by atoms with E-state index in [9.17, 15) is 35.5 Å². The van der Waals surface area contributed by atoms with Crippen molar-refractivity contribution in [3.63, 3.8) is 0 Å². The summed E-state index contributed by atoms with van der Waals surface area (Å²) in [6.07, 6.45) is 5.72. The highest BCUT2D eigenvalue weighted by Crippen LogP contribution is 2.60. The number of carbonyl (C=O) groups excluding carboxylic acids is 2. The fraction of sp³-hybridized carbons (Fsp3) is 0.167. The Balaban J connectivity index is 1.96. The molecule has 0 fully saturated rings. The van der Waals surface area contributed by atoms with Gasteiger partial charge in [0, 0.05) is 23.7 Å². The molecule has 1 aliphatic carbocycles. The molecule has 2 aromatic rings. The molecule has 0 bridgehead atoms. The van der Waals surface area contributed by atoms with Crippen molar-refractivity contribution in [2.24, 2.45) is 5.41 Å². The number of nitrogen functional groups attached to an aromatic ring is 2. The largest absolute Gasteiger partial charge is 0.453 e. The monoisotopic (exact) mass is 575 g/mol. The van der Waals surface area contributed by atoms with Gasteiger partial charge in [-0.15, -0.1) is 0 Å². The molecule has 7 N–H and O–H groups in total. The molecule has 2 aliphatic heterocycles. The molecule has 1 atom stereocenters. The van der Waals surface area contributed by atoms with Gasteiger partial charge >= 0.3 is 5.97 Å². The van der Waals surface area contributed by atoms with Crippen LogP contribution in [0.1, 0.15) is 18.1 Å². The summed E-state index contributed by atoms with van der Waals surface area (Å²) < 4.78 is 81.2. The molecular formula is C24H21N3O10S2. The molecule has 0 radical (unpaired) electrons. The van der Waals surface area contributed by atoms with E-state index in [1.807, 2.05) is 0 Å². The Labute approximate surface area is 222 Å². The number of nitrogens with two attached hydrogens (primary N) is 2. The van der Waals surface area contributed by atoms with Crippen LogP contribution in [0.5, 0.6) is 11.5 Å². The first-order valence-electron chi connectivity index (χ1n) is 11.1. The molecule has 204 valence electrons. The molecule has 2 heterocycles. The maximum atomic E-state index is 13.3. The smallest absolute Gasteiger partial charge is 0.340 e. The van der Waals surface area contributed by atoms with Gasteiger partial charge < -0.3 is 26.3 Å². The molecule has 0 aromatic heterocycles. The first kappa shape index (κ1) is 26.4. The lowest BCUT2D eigenvalue weighted by Gasteiger charge is -2.38. The van der Waals surface area contributed by atoms with E-state index in [4.69, 9.17) is 20.9 Å². The highest BCUT2D eigenvalue weighted by molar-refractivity contribution is 7.86. The predicted octanol–water partition coefficient (Wildman–Crippen LogP) is 1.43. The predicted molar refractivity (Wildman–Crippen MR) is 136 cm³/mol. The Morgan fingerprint density at radius 3 is 1.85 bits per heavy atom. The van der Waals surface area contributed by atoms with Gasteiger partial charge in [-0.25, -0.2) is 4.79 Å². The first-order valence-corrected chi connectivity index (χ1v) is 14.0. The number of anilines is 2. The Kier molecular flexibility index (Phi) is 5.53. The van der Waals surface area contributed by atoms with Crippen LogP contribution in [0.4, 0.5) is 11.4 Å². The number of benzene rings is 2. The van der Waals surface area contributed by atoms with Gasteiger partial charge in [0.1, 0.15) is 0 Å². The third-order valence-electron chi connectivity index (χ3n) is 6.81. The second-order valence-corrected chi connectivity index (χ2v) is 11.9. The summed E-state index contributed by atoms with van der Waals surface area (Å²) in [6, 6.07) is 4.84. The van der Waals surface area contributed by atoms with Crippen LogP contribution < -0.4 is 21.5 Å². The van der Waals surface area contributed by atoms with Crippen molar-refractivity contribution in [1.29, 1.82) is 0 Å². The number of esters is 1. The zero-order chi connectivity index (χ0) is 28.7. The zero-order valence-electron chi connectivity index (χ0n) is 20.3. The molecule has 2 aromatic carbocycles. The van der Waals surface area contributed by atoms with Crippen molar-refractivity contribution in [2.45, 2.75) is 22.3 Å². The summed E-state index contributed by atoms with van der Waals surface area (Å²) in [5.41, 5.74) is 7.26. The lowest BCUT2D eigenvalue weighted by molar-refractivity contribution is -0.145. The van der Waals surface area contributed by atoms with Gasteiger partial charge in [0.25, 0.3) is 20.2 Å². The van der Waals surface area contributed by atoms with Crippen molar-refractivity contribution in [3.05, 3.63) is 70.8 Å². The number of hydrogen-bond acceptors (Lipinski definition) is 10. The number of carbonyl (C=O) groups is 2. The van der Waals surface area contributed by atoms with Crippen LogP contribution >= 0.6 is 0 Å². The van der Waals surface area contributed by atoms with Gasteiger partial charge in [0.15, 0.2) is 26.9 Å². The minimum atomic E-state index is -5.10. The summed E-state index contributed by atoms with van der Waals surface area (Å²) in [7, 11) is -8.77. The minimum Gasteiger partial charge on any atom is -0.453 e. The summed E-state index contributed by atoms with van der Waals surface area (Å²) >= 11 is 0. The lowest BCUT2D eigenvalue weighted by atomic mass is 9.76. The highest BCUT2D eigenvalue weighted by atomic mass is 32.2. The lowest BCUT2D eigenvalue weighted by Crippen LogP contribution is -2.36. The molecule has 1 amide bonds. The van der Waals surface area contributed by atoms with E-state index in [1.54, 1.807) is 6.92 Å². The number of rotatable bonds is 3. The van der Waals surface area contributed by atoms with E-state index in [1.165, 1.54) is 43.5 Å². The third-order valence-corrected chi connectivity index (χ3v) is 8.68. The molecule has 15 heteroatoms. The van der Waals surface area contributed by atoms with Crippen LogP contribution in [-0.2, 0) is 40.2 Å². The van der Waals surface area contributed by atoms with Crippen molar-refractivity contribution in [3.8, 4) is 11.5 Å². The van der Waals surface area contributed by atoms with Crippen LogP contribution in [0, 0.1) is 5.41 Å². The van der Waals surface area contributed by atoms with Crippen LogP contribution in [0.2, 0.25) is 0 Å². The molecule has 1 spiro atoms. The average molecular weight is 576 g/mol. The van der Waals surface area contributed by atoms with E-state index in [2.05, 4.69) is 5.32 Å². The number of hydrogen-bond donors (Lipinski definition) is 5. The van der Waals surface area contributed by atoms with E-state index in [0.29, 0.717) is 0 Å². The second-order valence-electron chi connectivity index (χ2n) is 9.20. The Morgan fingerprint density at radius 1 is 0.897 bits per heavy atom. The summed E-state index contributed by atoms with van der Waals surface area (Å²) in [5.74, 6) is -2.62. The normalized spacial score (nSPS) is 21.0. The van der Waals surface area contributed by atoms with Crippen LogP contribution in [-0.4, -0.2) is 44.9 Å². The van der Waals surface area contributed by atoms with Gasteiger partial charge in [-0.05, 0) is 37.3 Å². The Bertz CT molecular complexity index is 1740. The number of nitrogens with one attached hydrogen (secondary N) is 1. The number of amides is 1. The van der Waals surface area contributed by atoms with Gasteiger partial charge in [0.2, 0.25) is 5.91 Å². The fourth-order valence-corrected chi connectivity index (χ4v) is 6.50. The molecule has 0 saturated heterocycles. The van der Waals surface area contributed by atoms with E-state index in [-0.39, 0.29) is 22.3 Å². The van der Waals surface area contributed by atoms with Crippen molar-refractivity contribution >= 4 is 43.5 Å². The second kappa shape index (κ2) is 8.16. The maximum Gasteiger partial charge on any atom is 0.340 e. The molecule has 39 heavy (non-hydrogen) atoms. The SMILES string of the molecule is CNC(=O)C1(C)C=CC2=C(C=C1)C1(OC2=O)c2ccc(N)c(S(=O)(=O)O)c2Oc2c1ccc(N)c2S(=O)(=O)O. The standard InChI is InChI=1S/C24H21N3O10S2/c1-23(22(29)27-2)9-7-11-12(8-10-23)24(37-21(11)28)13-3-5-15(25)19(38(30,31)32)17(13)36-18-14(24)4-6-16(26)20(18)39(33,34)35/h3-10H,25-26H2,1-2H3,(H,27,29)(H,30,31,32)(H,33,34,35). The summed E-state index contributed by atoms with van der Waals surface area (Å²) in [5, 5.41) is 2.53. The van der Waals surface area contributed by atoms with E-state index < -0.39 is 75.8 Å². The Hall–Kier alpha value is -4.18. The molecule has 13 nitrogen and oxygen atoms in total. The maximum absolute atomic E-state index is 13.3. The number of fused-ring (bicyclic) bond motifs is 5. The van der Waals surface area contributed by atoms with E-state index in [0.717, 1.165) is 12.1 Å². The van der Waals surface area contributed by atoms with Crippen LogP contribution in [0.25, 0.3) is 0 Å². The Morgan fingerprint density at radius 2 is 1.38 bits per heavy atom. The summed E-state index contributed by atoms with van der Waals surface area (Å²) in [4.78, 5) is 24.1. The number of ether oxygens (including phenoxy) is 2. The van der Waals surface area contributed by atoms with Crippen molar-refractivity contribution in [2.75, 3.05) is 18.5 Å².